The fourth-order valence-corrected chi connectivity index (χ4v) is 1.76. The number of halogens is 2. The molecule has 0 spiro atoms. The van der Waals surface area contributed by atoms with E-state index in [9.17, 15) is 0 Å². The van der Waals surface area contributed by atoms with Gasteiger partial charge >= 0.3 is 0 Å². The van der Waals surface area contributed by atoms with Crippen molar-refractivity contribution in [2.75, 3.05) is 13.7 Å². The molecule has 0 radical (unpaired) electrons. The third-order valence-electron chi connectivity index (χ3n) is 2.53. The van der Waals surface area contributed by atoms with Crippen molar-refractivity contribution in [3.8, 4) is 5.88 Å². The third-order valence-corrected chi connectivity index (χ3v) is 3.25. The second-order valence-electron chi connectivity index (χ2n) is 4.31. The molecule has 0 aromatic carbocycles. The van der Waals surface area contributed by atoms with E-state index >= 15 is 0 Å². The minimum absolute atomic E-state index is 0.184. The number of methoxy groups -OCH3 is 1. The monoisotopic (exact) mass is 321 g/mol. The summed E-state index contributed by atoms with van der Waals surface area (Å²) in [6, 6.07) is 1.91. The predicted molar refractivity (Wildman–Crippen MR) is 72.7 cm³/mol. The largest absolute Gasteiger partial charge is 0.477 e. The lowest BCUT2D eigenvalue weighted by Crippen LogP contribution is -2.25. The van der Waals surface area contributed by atoms with Gasteiger partial charge in [-0.15, -0.1) is 11.6 Å². The zero-order valence-corrected chi connectivity index (χ0v) is 12.6. The van der Waals surface area contributed by atoms with E-state index in [1.165, 1.54) is 0 Å². The first-order chi connectivity index (χ1) is 7.98. The lowest BCUT2D eigenvalue weighted by atomic mass is 10.1. The van der Waals surface area contributed by atoms with Gasteiger partial charge in [-0.3, -0.25) is 0 Å². The van der Waals surface area contributed by atoms with Gasteiger partial charge in [-0.25, -0.2) is 4.98 Å². The highest BCUT2D eigenvalue weighted by atomic mass is 79.9. The number of pyridine rings is 1. The highest BCUT2D eigenvalue weighted by molar-refractivity contribution is 9.10. The van der Waals surface area contributed by atoms with Crippen LogP contribution in [0.3, 0.4) is 0 Å². The van der Waals surface area contributed by atoms with Gasteiger partial charge in [0.1, 0.15) is 0 Å². The average Bonchev–Trinajstić information content (AvgIpc) is 2.30. The van der Waals surface area contributed by atoms with Crippen LogP contribution in [0.4, 0.5) is 0 Å². The molecule has 0 saturated heterocycles. The molecule has 1 aromatic rings. The Morgan fingerprint density at radius 1 is 1.47 bits per heavy atom. The predicted octanol–water partition coefficient (Wildman–Crippen LogP) is 3.78. The van der Waals surface area contributed by atoms with Crippen molar-refractivity contribution in [3.63, 3.8) is 0 Å². The van der Waals surface area contributed by atoms with Crippen LogP contribution in [0.25, 0.3) is 0 Å². The van der Waals surface area contributed by atoms with E-state index < -0.39 is 0 Å². The van der Waals surface area contributed by atoms with Gasteiger partial charge < -0.3 is 9.47 Å². The van der Waals surface area contributed by atoms with Gasteiger partial charge in [-0.05, 0) is 35.8 Å². The van der Waals surface area contributed by atoms with Crippen LogP contribution in [-0.2, 0) is 10.6 Å². The number of alkyl halides is 1. The molecule has 0 saturated carbocycles. The summed E-state index contributed by atoms with van der Waals surface area (Å²) in [6.07, 6.45) is 2.50. The van der Waals surface area contributed by atoms with Crippen molar-refractivity contribution in [1.82, 2.24) is 4.98 Å². The Labute approximate surface area is 116 Å². The van der Waals surface area contributed by atoms with Gasteiger partial charge in [0, 0.05) is 29.8 Å². The molecule has 1 aromatic heterocycles. The van der Waals surface area contributed by atoms with Gasteiger partial charge in [0.15, 0.2) is 0 Å². The molecular weight excluding hydrogens is 305 g/mol. The molecular formula is C12H17BrClNO2. The molecule has 5 heteroatoms. The van der Waals surface area contributed by atoms with Crippen molar-refractivity contribution >= 4 is 27.5 Å². The minimum atomic E-state index is -0.184. The van der Waals surface area contributed by atoms with E-state index in [1.54, 1.807) is 13.3 Å². The number of rotatable bonds is 6. The van der Waals surface area contributed by atoms with Crippen LogP contribution in [0.5, 0.6) is 5.88 Å². The summed E-state index contributed by atoms with van der Waals surface area (Å²) in [5, 5.41) is 0. The van der Waals surface area contributed by atoms with Crippen LogP contribution in [0.15, 0.2) is 16.7 Å². The molecule has 0 aliphatic heterocycles. The molecule has 0 unspecified atom stereocenters. The van der Waals surface area contributed by atoms with Gasteiger partial charge in [-0.2, -0.15) is 0 Å². The second-order valence-corrected chi connectivity index (χ2v) is 5.50. The van der Waals surface area contributed by atoms with E-state index in [0.717, 1.165) is 16.5 Å². The quantitative estimate of drug-likeness (QED) is 0.747. The standard InChI is InChI=1S/C12H17BrClNO2/c1-12(2,16-3)4-5-17-11-9(7-14)6-10(13)8-15-11/h6,8H,4-5,7H2,1-3H3. The molecule has 0 fully saturated rings. The van der Waals surface area contributed by atoms with E-state index in [0.29, 0.717) is 18.4 Å². The Bertz CT molecular complexity index is 372. The first kappa shape index (κ1) is 14.7. The summed E-state index contributed by atoms with van der Waals surface area (Å²) in [6.45, 7) is 4.60. The average molecular weight is 323 g/mol. The summed E-state index contributed by atoms with van der Waals surface area (Å²) in [4.78, 5) is 4.20. The first-order valence-corrected chi connectivity index (χ1v) is 6.69. The van der Waals surface area contributed by atoms with Gasteiger partial charge in [-0.1, -0.05) is 0 Å². The van der Waals surface area contributed by atoms with Crippen LogP contribution in [0.2, 0.25) is 0 Å². The third kappa shape index (κ3) is 4.82. The summed E-state index contributed by atoms with van der Waals surface area (Å²) in [5.74, 6) is 0.977. The summed E-state index contributed by atoms with van der Waals surface area (Å²) < 4.78 is 11.8. The molecule has 0 aliphatic carbocycles. The Morgan fingerprint density at radius 2 is 2.18 bits per heavy atom. The lowest BCUT2D eigenvalue weighted by Gasteiger charge is -2.22. The van der Waals surface area contributed by atoms with Crippen LogP contribution in [-0.4, -0.2) is 24.3 Å². The van der Waals surface area contributed by atoms with Crippen molar-refractivity contribution < 1.29 is 9.47 Å². The zero-order valence-electron chi connectivity index (χ0n) is 10.3. The molecule has 1 heterocycles. The number of nitrogens with zero attached hydrogens (tertiary/aromatic N) is 1. The smallest absolute Gasteiger partial charge is 0.217 e. The molecule has 17 heavy (non-hydrogen) atoms. The number of hydrogen-bond donors (Lipinski definition) is 0. The van der Waals surface area contributed by atoms with Gasteiger partial charge in [0.05, 0.1) is 18.1 Å². The molecule has 3 nitrogen and oxygen atoms in total. The second kappa shape index (κ2) is 6.57. The molecule has 0 N–H and O–H groups in total. The Morgan fingerprint density at radius 3 is 2.76 bits per heavy atom. The molecule has 0 amide bonds. The minimum Gasteiger partial charge on any atom is -0.477 e. The van der Waals surface area contributed by atoms with Gasteiger partial charge in [0.25, 0.3) is 0 Å². The Balaban J connectivity index is 2.57. The highest BCUT2D eigenvalue weighted by Crippen LogP contribution is 2.22. The molecule has 96 valence electrons. The van der Waals surface area contributed by atoms with Crippen molar-refractivity contribution in [1.29, 1.82) is 0 Å². The summed E-state index contributed by atoms with van der Waals surface area (Å²) in [5.41, 5.74) is 0.701. The molecule has 0 aliphatic rings. The van der Waals surface area contributed by atoms with Crippen LogP contribution < -0.4 is 4.74 Å². The van der Waals surface area contributed by atoms with Crippen molar-refractivity contribution in [2.24, 2.45) is 0 Å². The van der Waals surface area contributed by atoms with E-state index in [-0.39, 0.29) is 5.60 Å². The molecule has 1 rings (SSSR count). The van der Waals surface area contributed by atoms with Crippen LogP contribution >= 0.6 is 27.5 Å². The normalized spacial score (nSPS) is 11.6. The summed E-state index contributed by atoms with van der Waals surface area (Å²) in [7, 11) is 1.70. The van der Waals surface area contributed by atoms with Crippen molar-refractivity contribution in [3.05, 3.63) is 22.3 Å². The van der Waals surface area contributed by atoms with E-state index in [4.69, 9.17) is 21.1 Å². The maximum atomic E-state index is 5.83. The SMILES string of the molecule is COC(C)(C)CCOc1ncc(Br)cc1CCl. The number of hydrogen-bond acceptors (Lipinski definition) is 3. The lowest BCUT2D eigenvalue weighted by molar-refractivity contribution is 0.00501. The highest BCUT2D eigenvalue weighted by Gasteiger charge is 2.16. The van der Waals surface area contributed by atoms with Crippen LogP contribution in [0, 0.1) is 0 Å². The first-order valence-electron chi connectivity index (χ1n) is 5.37. The van der Waals surface area contributed by atoms with Crippen LogP contribution in [0.1, 0.15) is 25.8 Å². The number of ether oxygens (including phenoxy) is 2. The maximum absolute atomic E-state index is 5.83. The molecule has 0 atom stereocenters. The zero-order chi connectivity index (χ0) is 12.9. The van der Waals surface area contributed by atoms with Crippen molar-refractivity contribution in [2.45, 2.75) is 31.7 Å². The Hall–Kier alpha value is -0.320. The topological polar surface area (TPSA) is 31.4 Å². The maximum Gasteiger partial charge on any atom is 0.217 e. The molecule has 0 bridgehead atoms. The summed E-state index contributed by atoms with van der Waals surface area (Å²) >= 11 is 9.19. The van der Waals surface area contributed by atoms with Gasteiger partial charge in [0.2, 0.25) is 5.88 Å². The number of aromatic nitrogens is 1. The Kier molecular flexibility index (Phi) is 5.70. The van der Waals surface area contributed by atoms with E-state index in [2.05, 4.69) is 20.9 Å². The fraction of sp³-hybridized carbons (Fsp3) is 0.583. The fourth-order valence-electron chi connectivity index (χ4n) is 1.19. The van der Waals surface area contributed by atoms with E-state index in [1.807, 2.05) is 19.9 Å².